The van der Waals surface area contributed by atoms with E-state index < -0.39 is 11.6 Å². The molecule has 2 amide bonds. The Labute approximate surface area is 186 Å². The first kappa shape index (κ1) is 22.6. The third-order valence-corrected chi connectivity index (χ3v) is 5.77. The lowest BCUT2D eigenvalue weighted by Gasteiger charge is -2.34. The first-order chi connectivity index (χ1) is 14.9. The minimum atomic E-state index is -0.893. The van der Waals surface area contributed by atoms with E-state index in [0.29, 0.717) is 11.3 Å². The lowest BCUT2D eigenvalue weighted by molar-refractivity contribution is -0.124. The lowest BCUT2D eigenvalue weighted by Crippen LogP contribution is -2.50. The van der Waals surface area contributed by atoms with Crippen molar-refractivity contribution in [3.63, 3.8) is 0 Å². The fraction of sp³-hybridized carbons (Fsp3) is 0.348. The highest BCUT2D eigenvalue weighted by molar-refractivity contribution is 7.03. The Hall–Kier alpha value is -3.13. The molecule has 0 aliphatic rings. The molecule has 1 aromatic carbocycles. The second kappa shape index (κ2) is 9.78. The Morgan fingerprint density at radius 1 is 1.16 bits per heavy atom. The number of amides is 2. The summed E-state index contributed by atoms with van der Waals surface area (Å²) < 4.78 is 3.84. The van der Waals surface area contributed by atoms with Gasteiger partial charge < -0.3 is 5.32 Å². The van der Waals surface area contributed by atoms with Crippen molar-refractivity contribution in [2.24, 2.45) is 0 Å². The molecule has 0 saturated carbocycles. The molecule has 0 bridgehead atoms. The maximum Gasteiger partial charge on any atom is 0.280 e. The van der Waals surface area contributed by atoms with Crippen molar-refractivity contribution < 1.29 is 9.59 Å². The number of nitrogens with zero attached hydrogens (tertiary/aromatic N) is 4. The van der Waals surface area contributed by atoms with E-state index in [0.717, 1.165) is 29.9 Å². The summed E-state index contributed by atoms with van der Waals surface area (Å²) in [6, 6.07) is 10.3. The zero-order valence-corrected chi connectivity index (χ0v) is 19.0. The summed E-state index contributed by atoms with van der Waals surface area (Å²) in [7, 11) is 0. The number of nitrogens with one attached hydrogen (secondary N) is 1. The van der Waals surface area contributed by atoms with Crippen LogP contribution in [0.4, 0.5) is 5.69 Å². The molecule has 7 nitrogen and oxygen atoms in total. The number of pyridine rings is 1. The molecule has 2 heterocycles. The molecule has 1 atom stereocenters. The molecule has 1 unspecified atom stereocenters. The molecular weight excluding hydrogens is 410 g/mol. The van der Waals surface area contributed by atoms with E-state index >= 15 is 0 Å². The molecule has 8 heteroatoms. The Balaban J connectivity index is 2.16. The van der Waals surface area contributed by atoms with Gasteiger partial charge in [0.2, 0.25) is 5.91 Å². The third-order valence-electron chi connectivity index (χ3n) is 5.27. The van der Waals surface area contributed by atoms with Gasteiger partial charge in [-0.05, 0) is 73.6 Å². The monoisotopic (exact) mass is 437 g/mol. The van der Waals surface area contributed by atoms with Crippen molar-refractivity contribution in [2.45, 2.75) is 52.1 Å². The molecule has 0 aliphatic carbocycles. The van der Waals surface area contributed by atoms with E-state index in [4.69, 9.17) is 0 Å². The Bertz CT molecular complexity index is 1020. The van der Waals surface area contributed by atoms with Crippen molar-refractivity contribution in [2.75, 3.05) is 4.90 Å². The van der Waals surface area contributed by atoms with Crippen molar-refractivity contribution in [3.8, 4) is 0 Å². The largest absolute Gasteiger partial charge is 0.349 e. The molecule has 2 aromatic heterocycles. The topological polar surface area (TPSA) is 88.1 Å². The molecule has 1 N–H and O–H groups in total. The smallest absolute Gasteiger partial charge is 0.280 e. The highest BCUT2D eigenvalue weighted by Crippen LogP contribution is 2.31. The second-order valence-electron chi connectivity index (χ2n) is 7.90. The summed E-state index contributed by atoms with van der Waals surface area (Å²) in [6.07, 6.45) is 4.80. The fourth-order valence-corrected chi connectivity index (χ4v) is 3.57. The maximum atomic E-state index is 13.6. The van der Waals surface area contributed by atoms with Crippen molar-refractivity contribution in [3.05, 3.63) is 71.0 Å². The quantitative estimate of drug-likeness (QED) is 0.571. The first-order valence-corrected chi connectivity index (χ1v) is 11.1. The van der Waals surface area contributed by atoms with Gasteiger partial charge in [0.15, 0.2) is 5.69 Å². The van der Waals surface area contributed by atoms with E-state index in [1.54, 1.807) is 29.9 Å². The van der Waals surface area contributed by atoms with Gasteiger partial charge in [-0.1, -0.05) is 30.5 Å². The number of aromatic nitrogens is 3. The van der Waals surface area contributed by atoms with Crippen LogP contribution in [0.25, 0.3) is 0 Å². The zero-order chi connectivity index (χ0) is 22.4. The van der Waals surface area contributed by atoms with Crippen LogP contribution in [0, 0.1) is 0 Å². The highest BCUT2D eigenvalue weighted by atomic mass is 32.1. The average molecular weight is 438 g/mol. The second-order valence-corrected chi connectivity index (χ2v) is 8.51. The van der Waals surface area contributed by atoms with Crippen LogP contribution in [0.1, 0.15) is 61.8 Å². The predicted octanol–water partition coefficient (Wildman–Crippen LogP) is 4.19. The van der Waals surface area contributed by atoms with Gasteiger partial charge in [-0.25, -0.2) is 0 Å². The maximum absolute atomic E-state index is 13.6. The van der Waals surface area contributed by atoms with Gasteiger partial charge >= 0.3 is 0 Å². The summed E-state index contributed by atoms with van der Waals surface area (Å²) in [5, 5.41) is 8.66. The fourth-order valence-electron chi connectivity index (χ4n) is 3.14. The molecular formula is C23H27N5O2S. The van der Waals surface area contributed by atoms with Gasteiger partial charge in [-0.3, -0.25) is 19.5 Å². The van der Waals surface area contributed by atoms with Gasteiger partial charge in [0, 0.05) is 29.0 Å². The van der Waals surface area contributed by atoms with Crippen LogP contribution >= 0.6 is 11.5 Å². The Kier molecular flexibility index (Phi) is 7.12. The van der Waals surface area contributed by atoms with Crippen LogP contribution in [-0.4, -0.2) is 31.9 Å². The van der Waals surface area contributed by atoms with Crippen LogP contribution in [-0.2, 0) is 11.2 Å². The van der Waals surface area contributed by atoms with Crippen LogP contribution in [0.2, 0.25) is 0 Å². The lowest BCUT2D eigenvalue weighted by atomic mass is 9.98. The minimum Gasteiger partial charge on any atom is -0.349 e. The van der Waals surface area contributed by atoms with Crippen LogP contribution in [0.15, 0.2) is 54.2 Å². The Morgan fingerprint density at radius 2 is 1.90 bits per heavy atom. The van der Waals surface area contributed by atoms with Crippen LogP contribution < -0.4 is 10.2 Å². The SMILES string of the molecule is CCc1cccc(N(C(=O)c2csnn2)C(C(=O)NC(C)(C)CC)c2ccncc2)c1. The molecule has 0 aliphatic heterocycles. The number of carbonyl (C=O) groups excluding carboxylic acids is 2. The number of anilines is 1. The molecule has 0 spiro atoms. The van der Waals surface area contributed by atoms with Gasteiger partial charge in [-0.15, -0.1) is 5.10 Å². The number of hydrogen-bond donors (Lipinski definition) is 1. The summed E-state index contributed by atoms with van der Waals surface area (Å²) in [5.74, 6) is -0.648. The van der Waals surface area contributed by atoms with Crippen molar-refractivity contribution in [1.29, 1.82) is 0 Å². The highest BCUT2D eigenvalue weighted by Gasteiger charge is 2.36. The van der Waals surface area contributed by atoms with Crippen molar-refractivity contribution in [1.82, 2.24) is 19.9 Å². The summed E-state index contributed by atoms with van der Waals surface area (Å²) in [6.45, 7) is 7.98. The molecule has 162 valence electrons. The van der Waals surface area contributed by atoms with Gasteiger partial charge in [-0.2, -0.15) is 0 Å². The summed E-state index contributed by atoms with van der Waals surface area (Å²) in [4.78, 5) is 32.8. The molecule has 0 saturated heterocycles. The molecule has 3 rings (SSSR count). The third kappa shape index (κ3) is 5.32. The Morgan fingerprint density at radius 3 is 2.52 bits per heavy atom. The van der Waals surface area contributed by atoms with Crippen LogP contribution in [0.3, 0.4) is 0 Å². The number of aryl methyl sites for hydroxylation is 1. The van der Waals surface area contributed by atoms with Gasteiger partial charge in [0.25, 0.3) is 5.91 Å². The number of rotatable bonds is 8. The summed E-state index contributed by atoms with van der Waals surface area (Å²) in [5.41, 5.74) is 2.13. The molecule has 3 aromatic rings. The molecule has 31 heavy (non-hydrogen) atoms. The number of hydrogen-bond acceptors (Lipinski definition) is 6. The van der Waals surface area contributed by atoms with E-state index in [2.05, 4.69) is 19.9 Å². The van der Waals surface area contributed by atoms with E-state index in [9.17, 15) is 9.59 Å². The van der Waals surface area contributed by atoms with E-state index in [1.807, 2.05) is 52.0 Å². The van der Waals surface area contributed by atoms with Gasteiger partial charge in [0.05, 0.1) is 0 Å². The number of carbonyl (C=O) groups is 2. The number of benzene rings is 1. The molecule has 0 radical (unpaired) electrons. The van der Waals surface area contributed by atoms with E-state index in [-0.39, 0.29) is 17.5 Å². The predicted molar refractivity (Wildman–Crippen MR) is 122 cm³/mol. The normalized spacial score (nSPS) is 12.3. The minimum absolute atomic E-state index is 0.202. The standard InChI is InChI=1S/C23H27N5O2S/c1-5-16-8-7-9-18(14-16)28(22(30)19-15-31-27-26-19)20(17-10-12-24-13-11-17)21(29)25-23(3,4)6-2/h7-15,20H,5-6H2,1-4H3,(H,25,29). The van der Waals surface area contributed by atoms with Crippen LogP contribution in [0.5, 0.6) is 0 Å². The van der Waals surface area contributed by atoms with Gasteiger partial charge in [0.1, 0.15) is 6.04 Å². The first-order valence-electron chi connectivity index (χ1n) is 10.3. The average Bonchev–Trinajstić information content (AvgIpc) is 3.32. The molecule has 0 fully saturated rings. The van der Waals surface area contributed by atoms with E-state index in [1.165, 1.54) is 4.90 Å². The van der Waals surface area contributed by atoms with Crippen molar-refractivity contribution >= 4 is 29.0 Å². The zero-order valence-electron chi connectivity index (χ0n) is 18.2. The summed E-state index contributed by atoms with van der Waals surface area (Å²) >= 11 is 1.10.